The summed E-state index contributed by atoms with van der Waals surface area (Å²) in [6.07, 6.45) is 8.83. The van der Waals surface area contributed by atoms with Crippen molar-refractivity contribution < 1.29 is 4.79 Å². The van der Waals surface area contributed by atoms with Crippen molar-refractivity contribution in [3.63, 3.8) is 0 Å². The van der Waals surface area contributed by atoms with E-state index in [1.807, 2.05) is 0 Å². The van der Waals surface area contributed by atoms with Crippen LogP contribution < -0.4 is 5.73 Å². The van der Waals surface area contributed by atoms with Crippen LogP contribution in [0.3, 0.4) is 0 Å². The zero-order valence-electron chi connectivity index (χ0n) is 12.7. The third-order valence-corrected chi connectivity index (χ3v) is 5.53. The smallest absolute Gasteiger partial charge is 0.222 e. The number of carbonyl (C=O) groups is 1. The van der Waals surface area contributed by atoms with E-state index in [9.17, 15) is 4.79 Å². The van der Waals surface area contributed by atoms with E-state index in [1.165, 1.54) is 19.3 Å². The third-order valence-electron chi connectivity index (χ3n) is 5.53. The van der Waals surface area contributed by atoms with Gasteiger partial charge in [-0.05, 0) is 49.9 Å². The van der Waals surface area contributed by atoms with Gasteiger partial charge in [0.15, 0.2) is 0 Å². The molecule has 110 valence electrons. The van der Waals surface area contributed by atoms with Gasteiger partial charge in [-0.25, -0.2) is 0 Å². The molecule has 1 amide bonds. The SMILES string of the molecule is CCC1(C)CCN(C(=O)CC2CCC(N)CC2)CC1. The monoisotopic (exact) mass is 266 g/mol. The van der Waals surface area contributed by atoms with Gasteiger partial charge in [-0.15, -0.1) is 0 Å². The number of likely N-dealkylation sites (tertiary alicyclic amines) is 1. The molecule has 2 aliphatic rings. The molecule has 2 fully saturated rings. The molecule has 1 saturated carbocycles. The molecule has 19 heavy (non-hydrogen) atoms. The van der Waals surface area contributed by atoms with Crippen molar-refractivity contribution in [3.8, 4) is 0 Å². The summed E-state index contributed by atoms with van der Waals surface area (Å²) in [4.78, 5) is 14.4. The first-order chi connectivity index (χ1) is 9.02. The highest BCUT2D eigenvalue weighted by Crippen LogP contribution is 2.34. The zero-order chi connectivity index (χ0) is 13.9. The summed E-state index contributed by atoms with van der Waals surface area (Å²) in [6, 6.07) is 0.381. The molecule has 1 saturated heterocycles. The van der Waals surface area contributed by atoms with Gasteiger partial charge < -0.3 is 10.6 Å². The molecule has 0 aromatic carbocycles. The molecule has 0 atom stereocenters. The van der Waals surface area contributed by atoms with Crippen LogP contribution in [0.25, 0.3) is 0 Å². The van der Waals surface area contributed by atoms with E-state index in [4.69, 9.17) is 5.73 Å². The first kappa shape index (κ1) is 14.8. The van der Waals surface area contributed by atoms with Crippen LogP contribution in [0.4, 0.5) is 0 Å². The number of amides is 1. The van der Waals surface area contributed by atoms with Crippen LogP contribution in [-0.4, -0.2) is 29.9 Å². The van der Waals surface area contributed by atoms with Crippen molar-refractivity contribution in [3.05, 3.63) is 0 Å². The summed E-state index contributed by atoms with van der Waals surface area (Å²) < 4.78 is 0. The van der Waals surface area contributed by atoms with Crippen LogP contribution in [0.1, 0.15) is 65.2 Å². The fourth-order valence-electron chi connectivity index (χ4n) is 3.42. The average molecular weight is 266 g/mol. The predicted octanol–water partition coefficient (Wildman–Crippen LogP) is 2.93. The van der Waals surface area contributed by atoms with Crippen LogP contribution in [0, 0.1) is 11.3 Å². The van der Waals surface area contributed by atoms with Crippen LogP contribution in [-0.2, 0) is 4.79 Å². The lowest BCUT2D eigenvalue weighted by Gasteiger charge is -2.39. The Labute approximate surface area is 117 Å². The van der Waals surface area contributed by atoms with Crippen molar-refractivity contribution >= 4 is 5.91 Å². The molecule has 3 nitrogen and oxygen atoms in total. The van der Waals surface area contributed by atoms with E-state index < -0.39 is 0 Å². The maximum absolute atomic E-state index is 12.3. The van der Waals surface area contributed by atoms with Crippen molar-refractivity contribution in [2.75, 3.05) is 13.1 Å². The predicted molar refractivity (Wildman–Crippen MR) is 78.8 cm³/mol. The number of nitrogens with zero attached hydrogens (tertiary/aromatic N) is 1. The van der Waals surface area contributed by atoms with E-state index in [0.717, 1.165) is 45.2 Å². The average Bonchev–Trinajstić information content (AvgIpc) is 2.42. The van der Waals surface area contributed by atoms with Crippen molar-refractivity contribution in [1.82, 2.24) is 4.90 Å². The molecule has 0 radical (unpaired) electrons. The topological polar surface area (TPSA) is 46.3 Å². The molecule has 0 aromatic heterocycles. The third kappa shape index (κ3) is 3.95. The van der Waals surface area contributed by atoms with Gasteiger partial charge in [0.25, 0.3) is 0 Å². The molecule has 3 heteroatoms. The minimum Gasteiger partial charge on any atom is -0.343 e. The number of hydrogen-bond donors (Lipinski definition) is 1. The Morgan fingerprint density at radius 2 is 1.79 bits per heavy atom. The van der Waals surface area contributed by atoms with E-state index in [2.05, 4.69) is 18.7 Å². The van der Waals surface area contributed by atoms with Gasteiger partial charge in [0, 0.05) is 25.6 Å². The Bertz CT molecular complexity index is 300. The summed E-state index contributed by atoms with van der Waals surface area (Å²) in [5.74, 6) is 0.977. The first-order valence-electron chi connectivity index (χ1n) is 8.06. The molecule has 0 unspecified atom stereocenters. The van der Waals surface area contributed by atoms with Crippen LogP contribution in [0.5, 0.6) is 0 Å². The zero-order valence-corrected chi connectivity index (χ0v) is 12.7. The lowest BCUT2D eigenvalue weighted by atomic mass is 9.78. The van der Waals surface area contributed by atoms with Gasteiger partial charge in [-0.1, -0.05) is 20.3 Å². The summed E-state index contributed by atoms with van der Waals surface area (Å²) >= 11 is 0. The second-order valence-electron chi connectivity index (χ2n) is 7.03. The number of nitrogens with two attached hydrogens (primary N) is 1. The van der Waals surface area contributed by atoms with Gasteiger partial charge >= 0.3 is 0 Å². The normalized spacial score (nSPS) is 31.2. The molecule has 1 aliphatic heterocycles. The highest BCUT2D eigenvalue weighted by molar-refractivity contribution is 5.76. The van der Waals surface area contributed by atoms with Gasteiger partial charge in [0.05, 0.1) is 0 Å². The lowest BCUT2D eigenvalue weighted by molar-refractivity contribution is -0.134. The first-order valence-corrected chi connectivity index (χ1v) is 8.06. The van der Waals surface area contributed by atoms with E-state index >= 15 is 0 Å². The summed E-state index contributed by atoms with van der Waals surface area (Å²) in [7, 11) is 0. The van der Waals surface area contributed by atoms with Crippen LogP contribution in [0.15, 0.2) is 0 Å². The Morgan fingerprint density at radius 3 is 2.32 bits per heavy atom. The lowest BCUT2D eigenvalue weighted by Crippen LogP contribution is -2.42. The molecular formula is C16H30N2O. The summed E-state index contributed by atoms with van der Waals surface area (Å²) in [6.45, 7) is 6.56. The highest BCUT2D eigenvalue weighted by atomic mass is 16.2. The maximum Gasteiger partial charge on any atom is 0.222 e. The quantitative estimate of drug-likeness (QED) is 0.853. The van der Waals surface area contributed by atoms with Crippen molar-refractivity contribution in [2.45, 2.75) is 71.3 Å². The van der Waals surface area contributed by atoms with Crippen LogP contribution in [0.2, 0.25) is 0 Å². The molecule has 1 aliphatic carbocycles. The fraction of sp³-hybridized carbons (Fsp3) is 0.938. The van der Waals surface area contributed by atoms with Gasteiger partial charge in [0.1, 0.15) is 0 Å². The summed E-state index contributed by atoms with van der Waals surface area (Å²) in [5, 5.41) is 0. The number of rotatable bonds is 3. The van der Waals surface area contributed by atoms with Crippen molar-refractivity contribution in [1.29, 1.82) is 0 Å². The molecule has 0 bridgehead atoms. The fourth-order valence-corrected chi connectivity index (χ4v) is 3.42. The molecule has 0 spiro atoms. The van der Waals surface area contributed by atoms with E-state index in [-0.39, 0.29) is 0 Å². The Balaban J connectivity index is 1.75. The number of carbonyl (C=O) groups excluding carboxylic acids is 1. The van der Waals surface area contributed by atoms with E-state index in [0.29, 0.717) is 23.3 Å². The molecule has 1 heterocycles. The molecule has 2 rings (SSSR count). The largest absolute Gasteiger partial charge is 0.343 e. The van der Waals surface area contributed by atoms with E-state index in [1.54, 1.807) is 0 Å². The number of hydrogen-bond acceptors (Lipinski definition) is 2. The Kier molecular flexibility index (Phi) is 4.88. The number of piperidine rings is 1. The standard InChI is InChI=1S/C16H30N2O/c1-3-16(2)8-10-18(11-9-16)15(19)12-13-4-6-14(17)7-5-13/h13-14H,3-12,17H2,1-2H3. The van der Waals surface area contributed by atoms with Gasteiger partial charge in [-0.3, -0.25) is 4.79 Å². The van der Waals surface area contributed by atoms with Gasteiger partial charge in [-0.2, -0.15) is 0 Å². The van der Waals surface area contributed by atoms with Crippen LogP contribution >= 0.6 is 0 Å². The molecule has 2 N–H and O–H groups in total. The minimum atomic E-state index is 0.381. The summed E-state index contributed by atoms with van der Waals surface area (Å²) in [5.41, 5.74) is 6.39. The van der Waals surface area contributed by atoms with Crippen molar-refractivity contribution in [2.24, 2.45) is 17.1 Å². The second-order valence-corrected chi connectivity index (χ2v) is 7.03. The Morgan fingerprint density at radius 1 is 1.21 bits per heavy atom. The maximum atomic E-state index is 12.3. The van der Waals surface area contributed by atoms with Gasteiger partial charge in [0.2, 0.25) is 5.91 Å². The molecule has 0 aromatic rings. The highest BCUT2D eigenvalue weighted by Gasteiger charge is 2.31. The Hall–Kier alpha value is -0.570. The molecular weight excluding hydrogens is 236 g/mol. The second kappa shape index (κ2) is 6.25. The minimum absolute atomic E-state index is 0.381.